The molecule has 2 aliphatic rings. The molecule has 1 radical (unpaired) electrons. The fourth-order valence-corrected chi connectivity index (χ4v) is 3.60. The van der Waals surface area contributed by atoms with Crippen LogP contribution in [0.1, 0.15) is 53.4 Å². The molecule has 0 atom stereocenters. The molecule has 0 aromatic heterocycles. The molecular formula is C24H34CoN4O4. The van der Waals surface area contributed by atoms with Gasteiger partial charge in [-0.05, 0) is 37.8 Å². The molecule has 0 bridgehead atoms. The quantitative estimate of drug-likeness (QED) is 0.402. The van der Waals surface area contributed by atoms with Crippen LogP contribution in [-0.2, 0) is 26.4 Å². The molecule has 0 aromatic carbocycles. The van der Waals surface area contributed by atoms with Crippen molar-refractivity contribution in [2.45, 2.75) is 53.4 Å². The predicted molar refractivity (Wildman–Crippen MR) is 124 cm³/mol. The zero-order valence-corrected chi connectivity index (χ0v) is 21.3. The largest absolute Gasteiger partial charge is 2.00 e. The number of carbonyl (C=O) groups excluding carboxylic acids is 2. The Morgan fingerprint density at radius 2 is 1.12 bits per heavy atom. The first-order valence-corrected chi connectivity index (χ1v) is 11.0. The number of carboxylic acid groups (broad SMARTS) is 2. The van der Waals surface area contributed by atoms with Crippen molar-refractivity contribution in [3.05, 3.63) is 46.8 Å². The van der Waals surface area contributed by atoms with Crippen LogP contribution in [0.4, 0.5) is 0 Å². The van der Waals surface area contributed by atoms with E-state index < -0.39 is 11.9 Å². The molecule has 0 saturated carbocycles. The third-order valence-electron chi connectivity index (χ3n) is 5.19. The molecule has 0 saturated heterocycles. The number of allylic oxidation sites excluding steroid dienone is 6. The van der Waals surface area contributed by atoms with Crippen LogP contribution >= 0.6 is 0 Å². The molecule has 9 heteroatoms. The number of hydrogen-bond donors (Lipinski definition) is 0. The third kappa shape index (κ3) is 8.32. The maximum atomic E-state index is 11.0. The van der Waals surface area contributed by atoms with E-state index in [9.17, 15) is 19.8 Å². The minimum absolute atomic E-state index is 0. The van der Waals surface area contributed by atoms with Gasteiger partial charge in [-0.1, -0.05) is 38.2 Å². The van der Waals surface area contributed by atoms with Crippen LogP contribution in [0.3, 0.4) is 0 Å². The van der Waals surface area contributed by atoms with Gasteiger partial charge in [-0.2, -0.15) is 0 Å². The number of amidine groups is 2. The summed E-state index contributed by atoms with van der Waals surface area (Å²) in [4.78, 5) is 33.1. The van der Waals surface area contributed by atoms with E-state index in [1.165, 1.54) is 0 Å². The van der Waals surface area contributed by atoms with Gasteiger partial charge in [0.05, 0.1) is 0 Å². The van der Waals surface area contributed by atoms with Gasteiger partial charge in [-0.25, -0.2) is 0 Å². The molecule has 33 heavy (non-hydrogen) atoms. The van der Waals surface area contributed by atoms with E-state index >= 15 is 0 Å². The SMILES string of the molecule is CCN=C(C(=O)[O-])N(C)C1=C(CC)C=CC1.CCN=C(C(=O)[O-])N(C)C1=C(CC)C=CC1.[Co+2]. The minimum atomic E-state index is -1.22. The van der Waals surface area contributed by atoms with Crippen LogP contribution < -0.4 is 10.2 Å². The van der Waals surface area contributed by atoms with Gasteiger partial charge in [0.25, 0.3) is 0 Å². The first-order valence-electron chi connectivity index (χ1n) is 11.0. The number of nitrogens with zero attached hydrogens (tertiary/aromatic N) is 4. The molecule has 2 aliphatic carbocycles. The predicted octanol–water partition coefficient (Wildman–Crippen LogP) is 1.42. The van der Waals surface area contributed by atoms with Gasteiger partial charge in [0.2, 0.25) is 0 Å². The monoisotopic (exact) mass is 501 g/mol. The number of likely N-dealkylation sites (N-methyl/N-ethyl adjacent to an activating group) is 2. The van der Waals surface area contributed by atoms with Gasteiger partial charge in [0.15, 0.2) is 11.7 Å². The Hall–Kier alpha value is -2.65. The molecule has 0 aliphatic heterocycles. The van der Waals surface area contributed by atoms with Gasteiger partial charge in [-0.15, -0.1) is 0 Å². The average molecular weight is 501 g/mol. The van der Waals surface area contributed by atoms with E-state index in [1.807, 2.05) is 24.3 Å². The number of aliphatic carboxylic acids is 2. The summed E-state index contributed by atoms with van der Waals surface area (Å²) < 4.78 is 0. The van der Waals surface area contributed by atoms with Crippen molar-refractivity contribution in [1.82, 2.24) is 9.80 Å². The van der Waals surface area contributed by atoms with Crippen LogP contribution in [0.15, 0.2) is 56.8 Å². The summed E-state index contributed by atoms with van der Waals surface area (Å²) in [6, 6.07) is 0. The van der Waals surface area contributed by atoms with Crippen LogP contribution in [0.2, 0.25) is 0 Å². The number of hydrogen-bond acceptors (Lipinski definition) is 6. The summed E-state index contributed by atoms with van der Waals surface area (Å²) in [7, 11) is 3.45. The normalized spacial score (nSPS) is 15.3. The van der Waals surface area contributed by atoms with Crippen molar-refractivity contribution in [3.8, 4) is 0 Å². The number of aliphatic imine (C=N–C) groups is 2. The van der Waals surface area contributed by atoms with Crippen molar-refractivity contribution in [2.75, 3.05) is 27.2 Å². The summed E-state index contributed by atoms with van der Waals surface area (Å²) in [6.45, 7) is 8.59. The third-order valence-corrected chi connectivity index (χ3v) is 5.19. The molecule has 0 N–H and O–H groups in total. The molecule has 0 fully saturated rings. The number of carboxylic acids is 2. The first-order chi connectivity index (χ1) is 15.2. The second-order valence-electron chi connectivity index (χ2n) is 7.15. The number of carbonyl (C=O) groups is 2. The first kappa shape index (κ1) is 30.3. The van der Waals surface area contributed by atoms with E-state index in [-0.39, 0.29) is 28.5 Å². The average Bonchev–Trinajstić information content (AvgIpc) is 3.43. The summed E-state index contributed by atoms with van der Waals surface area (Å²) in [5, 5.41) is 21.9. The van der Waals surface area contributed by atoms with Gasteiger partial charge in [0, 0.05) is 51.4 Å². The Morgan fingerprint density at radius 3 is 1.36 bits per heavy atom. The van der Waals surface area contributed by atoms with E-state index in [4.69, 9.17) is 0 Å². The molecule has 0 amide bonds. The number of rotatable bonds is 6. The zero-order chi connectivity index (χ0) is 24.3. The summed E-state index contributed by atoms with van der Waals surface area (Å²) in [6.07, 6.45) is 11.4. The van der Waals surface area contributed by atoms with Crippen molar-refractivity contribution in [2.24, 2.45) is 9.98 Å². The van der Waals surface area contributed by atoms with Gasteiger partial charge < -0.3 is 29.6 Å². The molecule has 0 spiro atoms. The van der Waals surface area contributed by atoms with Crippen molar-refractivity contribution >= 4 is 23.6 Å². The molecular weight excluding hydrogens is 467 g/mol. The Labute approximate surface area is 207 Å². The van der Waals surface area contributed by atoms with Crippen LogP contribution in [0, 0.1) is 0 Å². The minimum Gasteiger partial charge on any atom is -0.542 e. The fraction of sp³-hybridized carbons (Fsp3) is 0.500. The van der Waals surface area contributed by atoms with Gasteiger partial charge in [0.1, 0.15) is 11.9 Å². The Kier molecular flexibility index (Phi) is 14.0. The van der Waals surface area contributed by atoms with Crippen molar-refractivity contribution < 1.29 is 36.6 Å². The molecule has 2 rings (SSSR count). The summed E-state index contributed by atoms with van der Waals surface area (Å²) in [5.41, 5.74) is 4.32. The standard InChI is InChI=1S/2C12H18N2O2.Co/c2*1-4-9-7-6-8-10(9)14(3)11(12(15)16)13-5-2;/h2*6-7H,4-5,8H2,1-3H3,(H,15,16);/q;;+2/p-2. The van der Waals surface area contributed by atoms with Gasteiger partial charge in [-0.3, -0.25) is 9.98 Å². The fourth-order valence-electron chi connectivity index (χ4n) is 3.60. The summed E-state index contributed by atoms with van der Waals surface area (Å²) >= 11 is 0. The summed E-state index contributed by atoms with van der Waals surface area (Å²) in [5.74, 6) is -2.43. The molecule has 183 valence electrons. The topological polar surface area (TPSA) is 111 Å². The maximum absolute atomic E-state index is 11.0. The van der Waals surface area contributed by atoms with Crippen molar-refractivity contribution in [1.29, 1.82) is 0 Å². The second kappa shape index (κ2) is 15.2. The zero-order valence-electron chi connectivity index (χ0n) is 20.3. The molecule has 0 aromatic rings. The Bertz CT molecular complexity index is 809. The smallest absolute Gasteiger partial charge is 0.542 e. The molecule has 8 nitrogen and oxygen atoms in total. The Morgan fingerprint density at radius 1 is 0.788 bits per heavy atom. The van der Waals surface area contributed by atoms with Crippen LogP contribution in [-0.4, -0.2) is 60.6 Å². The maximum Gasteiger partial charge on any atom is 2.00 e. The van der Waals surface area contributed by atoms with Crippen LogP contribution in [0.25, 0.3) is 0 Å². The van der Waals surface area contributed by atoms with E-state index in [2.05, 4.69) is 23.8 Å². The van der Waals surface area contributed by atoms with E-state index in [1.54, 1.807) is 37.7 Å². The van der Waals surface area contributed by atoms with E-state index in [0.29, 0.717) is 13.1 Å². The molecule has 0 unspecified atom stereocenters. The second-order valence-corrected chi connectivity index (χ2v) is 7.15. The van der Waals surface area contributed by atoms with E-state index in [0.717, 1.165) is 48.2 Å². The van der Waals surface area contributed by atoms with Gasteiger partial charge >= 0.3 is 16.8 Å². The van der Waals surface area contributed by atoms with Crippen LogP contribution in [0.5, 0.6) is 0 Å². The molecule has 0 heterocycles. The Balaban J connectivity index is 0.000000602. The van der Waals surface area contributed by atoms with Crippen molar-refractivity contribution in [3.63, 3.8) is 0 Å².